The van der Waals surface area contributed by atoms with Crippen LogP contribution >= 0.6 is 0 Å². The summed E-state index contributed by atoms with van der Waals surface area (Å²) < 4.78 is 16.7. The fourth-order valence-corrected chi connectivity index (χ4v) is 9.04. The number of carbonyl (C=O) groups is 2. The molecule has 11 nitrogen and oxygen atoms in total. The van der Waals surface area contributed by atoms with E-state index in [0.717, 1.165) is 103 Å². The lowest BCUT2D eigenvalue weighted by atomic mass is 9.99. The lowest BCUT2D eigenvalue weighted by molar-refractivity contribution is -0.302. The van der Waals surface area contributed by atoms with Gasteiger partial charge in [-0.1, -0.05) is 216 Å². The summed E-state index contributed by atoms with van der Waals surface area (Å²) in [5, 5.41) is 54.4. The van der Waals surface area contributed by atoms with Gasteiger partial charge in [-0.05, 0) is 89.9 Å². The molecule has 0 aromatic rings. The second-order valence-electron chi connectivity index (χ2n) is 20.7. The second-order valence-corrected chi connectivity index (χ2v) is 20.7. The van der Waals surface area contributed by atoms with Crippen molar-refractivity contribution in [3.63, 3.8) is 0 Å². The predicted molar refractivity (Wildman–Crippen MR) is 301 cm³/mol. The molecule has 1 heterocycles. The molecule has 73 heavy (non-hydrogen) atoms. The predicted octanol–water partition coefficient (Wildman–Crippen LogP) is 13.8. The summed E-state index contributed by atoms with van der Waals surface area (Å²) in [4.78, 5) is 25.0. The first-order valence-electron chi connectivity index (χ1n) is 30.1. The van der Waals surface area contributed by atoms with Crippen LogP contribution in [0.25, 0.3) is 0 Å². The number of nitrogens with one attached hydrogen (secondary N) is 1. The van der Waals surface area contributed by atoms with Crippen molar-refractivity contribution in [2.45, 2.75) is 301 Å². The Bertz CT molecular complexity index is 1400. The molecule has 0 bridgehead atoms. The van der Waals surface area contributed by atoms with Crippen LogP contribution < -0.4 is 5.32 Å². The molecule has 1 saturated heterocycles. The maximum absolute atomic E-state index is 13.0. The lowest BCUT2D eigenvalue weighted by Gasteiger charge is -2.40. The molecular weight excluding hydrogens is 919 g/mol. The number of hydrogen-bond acceptors (Lipinski definition) is 10. The lowest BCUT2D eigenvalue weighted by Crippen LogP contribution is -2.60. The van der Waals surface area contributed by atoms with Gasteiger partial charge in [0.2, 0.25) is 5.91 Å². The molecule has 1 fully saturated rings. The molecule has 0 saturated carbocycles. The summed E-state index contributed by atoms with van der Waals surface area (Å²) in [6.07, 6.45) is 55.9. The fourth-order valence-electron chi connectivity index (χ4n) is 9.04. The number of esters is 1. The van der Waals surface area contributed by atoms with E-state index in [1.165, 1.54) is 128 Å². The molecule has 1 aliphatic heterocycles. The molecule has 0 spiro atoms. The van der Waals surface area contributed by atoms with Crippen LogP contribution in [-0.2, 0) is 23.8 Å². The van der Waals surface area contributed by atoms with Crippen LogP contribution in [0, 0.1) is 0 Å². The number of unbranched alkanes of at least 4 members (excludes halogenated alkanes) is 30. The zero-order chi connectivity index (χ0) is 53.1. The topological polar surface area (TPSA) is 175 Å². The third kappa shape index (κ3) is 41.2. The zero-order valence-electron chi connectivity index (χ0n) is 46.6. The standard InChI is InChI=1S/C62H111NO10/c1-3-5-7-9-11-13-15-16-22-25-29-32-36-40-44-48-55(65)54(53-72-62-61(70)60(69)59(68)56(52-64)73-62)63-57(66)49-45-41-37-33-30-26-23-20-18-17-19-21-24-27-31-35-39-43-47-51-71-58(67)50-46-42-38-34-28-14-12-10-8-6-4-2/h15-16,21,24,27,29,31-32,44,48,54-56,59-62,64-65,68-70H,3-14,17-20,22-23,25-26,28,30,33-43,45-47,49-53H2,1-2H3,(H,63,66)/b16-15+,24-21-,31-27-,32-29+,48-44+. The second kappa shape index (κ2) is 51.5. The number of aliphatic hydroxyl groups is 5. The van der Waals surface area contributed by atoms with Gasteiger partial charge in [-0.25, -0.2) is 0 Å². The molecule has 1 aliphatic rings. The molecule has 0 aromatic carbocycles. The van der Waals surface area contributed by atoms with E-state index in [0.29, 0.717) is 19.4 Å². The van der Waals surface area contributed by atoms with E-state index >= 15 is 0 Å². The molecule has 0 aromatic heterocycles. The molecule has 7 unspecified atom stereocenters. The largest absolute Gasteiger partial charge is 0.466 e. The van der Waals surface area contributed by atoms with E-state index in [2.05, 4.69) is 67.8 Å². The molecule has 424 valence electrons. The van der Waals surface area contributed by atoms with E-state index in [1.54, 1.807) is 6.08 Å². The van der Waals surface area contributed by atoms with Crippen LogP contribution in [0.15, 0.2) is 60.8 Å². The third-order valence-corrected chi connectivity index (χ3v) is 13.9. The third-order valence-electron chi connectivity index (χ3n) is 13.9. The first kappa shape index (κ1) is 68.4. The molecular formula is C62H111NO10. The summed E-state index contributed by atoms with van der Waals surface area (Å²) in [5.41, 5.74) is 0. The highest BCUT2D eigenvalue weighted by Crippen LogP contribution is 2.23. The van der Waals surface area contributed by atoms with E-state index in [9.17, 15) is 35.1 Å². The SMILES string of the molecule is CCCCCCC/C=C/CC/C=C/CC/C=C/C(O)C(COC1OC(CO)C(O)C(O)C1O)NC(=O)CCCCCCCCCCCC/C=C\C=C/CCCCCOC(=O)CCCCCCCCCCCCC. The van der Waals surface area contributed by atoms with Crippen molar-refractivity contribution in [3.05, 3.63) is 60.8 Å². The highest BCUT2D eigenvalue weighted by atomic mass is 16.7. The van der Waals surface area contributed by atoms with Crippen LogP contribution in [0.1, 0.15) is 258 Å². The van der Waals surface area contributed by atoms with Crippen LogP contribution in [0.4, 0.5) is 0 Å². The minimum absolute atomic E-state index is 0.0302. The Morgan fingerprint density at radius 1 is 0.507 bits per heavy atom. The first-order valence-corrected chi connectivity index (χ1v) is 30.1. The molecule has 1 amide bonds. The summed E-state index contributed by atoms with van der Waals surface area (Å²) in [7, 11) is 0. The van der Waals surface area contributed by atoms with E-state index in [-0.39, 0.29) is 18.5 Å². The summed E-state index contributed by atoms with van der Waals surface area (Å²) >= 11 is 0. The molecule has 0 radical (unpaired) electrons. The van der Waals surface area contributed by atoms with Gasteiger partial charge in [-0.2, -0.15) is 0 Å². The van der Waals surface area contributed by atoms with Crippen LogP contribution in [-0.4, -0.2) is 100 Å². The Balaban J connectivity index is 2.16. The Kier molecular flexibility index (Phi) is 48.2. The molecule has 0 aliphatic carbocycles. The number of rotatable bonds is 51. The van der Waals surface area contributed by atoms with Gasteiger partial charge in [-0.15, -0.1) is 0 Å². The number of hydrogen-bond donors (Lipinski definition) is 6. The summed E-state index contributed by atoms with van der Waals surface area (Å²) in [6.45, 7) is 4.25. The fraction of sp³-hybridized carbons (Fsp3) is 0.806. The Hall–Kier alpha value is -2.64. The molecule has 7 atom stereocenters. The number of amides is 1. The zero-order valence-corrected chi connectivity index (χ0v) is 46.6. The quantitative estimate of drug-likeness (QED) is 0.0149. The highest BCUT2D eigenvalue weighted by Gasteiger charge is 2.44. The van der Waals surface area contributed by atoms with Gasteiger partial charge in [0, 0.05) is 12.8 Å². The van der Waals surface area contributed by atoms with Crippen molar-refractivity contribution in [2.75, 3.05) is 19.8 Å². The maximum atomic E-state index is 13.0. The number of ether oxygens (including phenoxy) is 3. The minimum Gasteiger partial charge on any atom is -0.466 e. The molecule has 11 heteroatoms. The smallest absolute Gasteiger partial charge is 0.305 e. The van der Waals surface area contributed by atoms with Crippen molar-refractivity contribution in [1.29, 1.82) is 0 Å². The van der Waals surface area contributed by atoms with Gasteiger partial charge in [-0.3, -0.25) is 9.59 Å². The van der Waals surface area contributed by atoms with Crippen LogP contribution in [0.3, 0.4) is 0 Å². The molecule has 6 N–H and O–H groups in total. The molecule has 1 rings (SSSR count). The monoisotopic (exact) mass is 1030 g/mol. The van der Waals surface area contributed by atoms with Crippen molar-refractivity contribution in [3.8, 4) is 0 Å². The average Bonchev–Trinajstić information content (AvgIpc) is 3.39. The normalized spacial score (nSPS) is 19.4. The number of allylic oxidation sites excluding steroid dienone is 9. The Labute approximate surface area is 446 Å². The Morgan fingerprint density at radius 2 is 0.932 bits per heavy atom. The number of aliphatic hydroxyl groups excluding tert-OH is 5. The highest BCUT2D eigenvalue weighted by molar-refractivity contribution is 5.76. The first-order chi connectivity index (χ1) is 35.7. The van der Waals surface area contributed by atoms with E-state index < -0.39 is 49.5 Å². The average molecular weight is 1030 g/mol. The van der Waals surface area contributed by atoms with Crippen LogP contribution in [0.2, 0.25) is 0 Å². The van der Waals surface area contributed by atoms with Crippen molar-refractivity contribution >= 4 is 11.9 Å². The van der Waals surface area contributed by atoms with Gasteiger partial charge in [0.25, 0.3) is 0 Å². The van der Waals surface area contributed by atoms with Gasteiger partial charge in [0.05, 0.1) is 32.0 Å². The summed E-state index contributed by atoms with van der Waals surface area (Å²) in [6, 6.07) is -0.844. The van der Waals surface area contributed by atoms with Crippen molar-refractivity contribution < 1.29 is 49.3 Å². The van der Waals surface area contributed by atoms with Gasteiger partial charge in [0.15, 0.2) is 6.29 Å². The van der Waals surface area contributed by atoms with Crippen molar-refractivity contribution in [1.82, 2.24) is 5.32 Å². The summed E-state index contributed by atoms with van der Waals surface area (Å²) in [5.74, 6) is -0.237. The van der Waals surface area contributed by atoms with Gasteiger partial charge >= 0.3 is 5.97 Å². The van der Waals surface area contributed by atoms with Crippen molar-refractivity contribution in [2.24, 2.45) is 0 Å². The minimum atomic E-state index is -1.59. The van der Waals surface area contributed by atoms with E-state index in [4.69, 9.17) is 14.2 Å². The Morgan fingerprint density at radius 3 is 1.44 bits per heavy atom. The maximum Gasteiger partial charge on any atom is 0.305 e. The van der Waals surface area contributed by atoms with Gasteiger partial charge < -0.3 is 45.1 Å². The van der Waals surface area contributed by atoms with E-state index in [1.807, 2.05) is 6.08 Å². The van der Waals surface area contributed by atoms with Gasteiger partial charge in [0.1, 0.15) is 24.4 Å². The number of carbonyl (C=O) groups excluding carboxylic acids is 2. The van der Waals surface area contributed by atoms with Crippen LogP contribution in [0.5, 0.6) is 0 Å².